The summed E-state index contributed by atoms with van der Waals surface area (Å²) >= 11 is 0. The van der Waals surface area contributed by atoms with Crippen LogP contribution < -0.4 is 10.1 Å². The van der Waals surface area contributed by atoms with Gasteiger partial charge in [-0.25, -0.2) is 4.79 Å². The van der Waals surface area contributed by atoms with Gasteiger partial charge in [0.25, 0.3) is 5.91 Å². The summed E-state index contributed by atoms with van der Waals surface area (Å²) in [5, 5.41) is 12.4. The number of hydrogen-bond acceptors (Lipinski definition) is 5. The number of hydrogen-bond donors (Lipinski definition) is 2. The van der Waals surface area contributed by atoms with E-state index in [2.05, 4.69) is 5.32 Å². The van der Waals surface area contributed by atoms with Crippen molar-refractivity contribution in [2.24, 2.45) is 0 Å². The minimum Gasteiger partial charge on any atom is -0.507 e. The number of rotatable bonds is 5. The molecule has 0 unspecified atom stereocenters. The first kappa shape index (κ1) is 17.3. The van der Waals surface area contributed by atoms with Gasteiger partial charge in [-0.05, 0) is 43.7 Å². The molecule has 0 fully saturated rings. The number of carbonyl (C=O) groups excluding carboxylic acids is 2. The Hall–Kier alpha value is -3.02. The number of amides is 1. The molecule has 1 atom stereocenters. The largest absolute Gasteiger partial charge is 0.507 e. The van der Waals surface area contributed by atoms with E-state index >= 15 is 0 Å². The smallest absolute Gasteiger partial charge is 0.342 e. The van der Waals surface area contributed by atoms with Crippen molar-refractivity contribution in [3.8, 4) is 11.5 Å². The Morgan fingerprint density at radius 1 is 1.17 bits per heavy atom. The fourth-order valence-corrected chi connectivity index (χ4v) is 2.04. The zero-order valence-corrected chi connectivity index (χ0v) is 13.7. The van der Waals surface area contributed by atoms with E-state index in [4.69, 9.17) is 9.47 Å². The van der Waals surface area contributed by atoms with Gasteiger partial charge in [-0.15, -0.1) is 0 Å². The van der Waals surface area contributed by atoms with Gasteiger partial charge in [-0.1, -0.05) is 12.1 Å². The van der Waals surface area contributed by atoms with Crippen LogP contribution in [-0.2, 0) is 9.53 Å². The highest BCUT2D eigenvalue weighted by Crippen LogP contribution is 2.20. The number of methoxy groups -OCH3 is 1. The van der Waals surface area contributed by atoms with Crippen LogP contribution in [0.15, 0.2) is 42.5 Å². The minimum absolute atomic E-state index is 0.0154. The van der Waals surface area contributed by atoms with Crippen LogP contribution in [0.1, 0.15) is 22.8 Å². The molecular formula is C18H19NO5. The normalized spacial score (nSPS) is 11.5. The first-order valence-corrected chi connectivity index (χ1v) is 7.36. The lowest BCUT2D eigenvalue weighted by Gasteiger charge is -2.14. The molecule has 0 aliphatic rings. The fourth-order valence-electron chi connectivity index (χ4n) is 2.04. The highest BCUT2D eigenvalue weighted by molar-refractivity contribution is 5.98. The molecule has 0 aromatic heterocycles. The standard InChI is InChI=1S/C18H19NO5/c1-11-7-8-15(16(20)9-11)18(22)24-12(2)17(21)19-13-5-4-6-14(10-13)23-3/h4-10,12,20H,1-3H3,(H,19,21)/t12-/m0/s1. The van der Waals surface area contributed by atoms with Gasteiger partial charge < -0.3 is 19.9 Å². The van der Waals surface area contributed by atoms with Crippen molar-refractivity contribution < 1.29 is 24.2 Å². The van der Waals surface area contributed by atoms with E-state index in [0.29, 0.717) is 11.4 Å². The first-order valence-electron chi connectivity index (χ1n) is 7.36. The average Bonchev–Trinajstić information content (AvgIpc) is 2.54. The van der Waals surface area contributed by atoms with E-state index in [9.17, 15) is 14.7 Å². The lowest BCUT2D eigenvalue weighted by Crippen LogP contribution is -2.30. The quantitative estimate of drug-likeness (QED) is 0.824. The number of anilines is 1. The lowest BCUT2D eigenvalue weighted by molar-refractivity contribution is -0.123. The molecule has 0 spiro atoms. The molecular weight excluding hydrogens is 310 g/mol. The van der Waals surface area contributed by atoms with Gasteiger partial charge >= 0.3 is 5.97 Å². The molecule has 0 heterocycles. The van der Waals surface area contributed by atoms with Crippen LogP contribution in [0.4, 0.5) is 5.69 Å². The molecule has 0 aliphatic heterocycles. The van der Waals surface area contributed by atoms with Crippen LogP contribution >= 0.6 is 0 Å². The molecule has 1 amide bonds. The summed E-state index contributed by atoms with van der Waals surface area (Å²) in [6, 6.07) is 11.4. The van der Waals surface area contributed by atoms with Crippen molar-refractivity contribution in [1.82, 2.24) is 0 Å². The highest BCUT2D eigenvalue weighted by atomic mass is 16.5. The van der Waals surface area contributed by atoms with Crippen molar-refractivity contribution in [2.75, 3.05) is 12.4 Å². The van der Waals surface area contributed by atoms with Gasteiger partial charge in [-0.2, -0.15) is 0 Å². The second-order valence-electron chi connectivity index (χ2n) is 5.29. The number of aromatic hydroxyl groups is 1. The van der Waals surface area contributed by atoms with Crippen LogP contribution in [0.3, 0.4) is 0 Å². The summed E-state index contributed by atoms with van der Waals surface area (Å²) in [4.78, 5) is 24.2. The monoisotopic (exact) mass is 329 g/mol. The first-order chi connectivity index (χ1) is 11.4. The van der Waals surface area contributed by atoms with Crippen molar-refractivity contribution in [3.05, 3.63) is 53.6 Å². The summed E-state index contributed by atoms with van der Waals surface area (Å²) in [5.41, 5.74) is 1.36. The van der Waals surface area contributed by atoms with E-state index in [1.807, 2.05) is 0 Å². The fraction of sp³-hybridized carbons (Fsp3) is 0.222. The van der Waals surface area contributed by atoms with Gasteiger partial charge in [0.1, 0.15) is 17.1 Å². The maximum atomic E-state index is 12.1. The van der Waals surface area contributed by atoms with E-state index in [-0.39, 0.29) is 11.3 Å². The molecule has 6 nitrogen and oxygen atoms in total. The Bertz CT molecular complexity index is 757. The highest BCUT2D eigenvalue weighted by Gasteiger charge is 2.21. The Balaban J connectivity index is 2.01. The van der Waals surface area contributed by atoms with Crippen LogP contribution in [0, 0.1) is 6.92 Å². The van der Waals surface area contributed by atoms with Gasteiger partial charge in [0.15, 0.2) is 6.10 Å². The third-order valence-corrected chi connectivity index (χ3v) is 3.36. The number of esters is 1. The predicted octanol–water partition coefficient (Wildman–Crippen LogP) is 2.89. The van der Waals surface area contributed by atoms with Crippen LogP contribution in [-0.4, -0.2) is 30.2 Å². The van der Waals surface area contributed by atoms with Crippen molar-refractivity contribution >= 4 is 17.6 Å². The summed E-state index contributed by atoms with van der Waals surface area (Å²) in [6.45, 7) is 3.25. The predicted molar refractivity (Wildman–Crippen MR) is 89.3 cm³/mol. The zero-order chi connectivity index (χ0) is 17.7. The molecule has 2 rings (SSSR count). The summed E-state index contributed by atoms with van der Waals surface area (Å²) in [6.07, 6.45) is -1.02. The molecule has 2 N–H and O–H groups in total. The van der Waals surface area contributed by atoms with Crippen molar-refractivity contribution in [3.63, 3.8) is 0 Å². The zero-order valence-electron chi connectivity index (χ0n) is 13.7. The Labute approximate surface area is 140 Å². The topological polar surface area (TPSA) is 84.9 Å². The van der Waals surface area contributed by atoms with Crippen LogP contribution in [0.25, 0.3) is 0 Å². The maximum absolute atomic E-state index is 12.1. The number of benzene rings is 2. The van der Waals surface area contributed by atoms with E-state index in [1.165, 1.54) is 26.2 Å². The van der Waals surface area contributed by atoms with Gasteiger partial charge in [0.05, 0.1) is 7.11 Å². The van der Waals surface area contributed by atoms with Crippen LogP contribution in [0.5, 0.6) is 11.5 Å². The third kappa shape index (κ3) is 4.25. The van der Waals surface area contributed by atoms with E-state index in [0.717, 1.165) is 5.56 Å². The Kier molecular flexibility index (Phi) is 5.42. The van der Waals surface area contributed by atoms with Crippen molar-refractivity contribution in [1.29, 1.82) is 0 Å². The van der Waals surface area contributed by atoms with Crippen LogP contribution in [0.2, 0.25) is 0 Å². The van der Waals surface area contributed by atoms with Gasteiger partial charge in [0.2, 0.25) is 0 Å². The van der Waals surface area contributed by atoms with E-state index in [1.54, 1.807) is 37.3 Å². The number of carbonyl (C=O) groups is 2. The summed E-state index contributed by atoms with van der Waals surface area (Å²) < 4.78 is 10.2. The van der Waals surface area contributed by atoms with Gasteiger partial charge in [0, 0.05) is 11.8 Å². The Morgan fingerprint density at radius 3 is 2.58 bits per heavy atom. The molecule has 2 aromatic carbocycles. The second-order valence-corrected chi connectivity index (χ2v) is 5.29. The molecule has 0 aliphatic carbocycles. The minimum atomic E-state index is -1.02. The molecule has 0 saturated carbocycles. The lowest BCUT2D eigenvalue weighted by atomic mass is 10.1. The number of nitrogens with one attached hydrogen (secondary N) is 1. The Morgan fingerprint density at radius 2 is 1.92 bits per heavy atom. The molecule has 6 heteroatoms. The second kappa shape index (κ2) is 7.50. The molecule has 0 radical (unpaired) electrons. The summed E-state index contributed by atoms with van der Waals surface area (Å²) in [7, 11) is 1.53. The molecule has 126 valence electrons. The van der Waals surface area contributed by atoms with Gasteiger partial charge in [-0.3, -0.25) is 4.79 Å². The number of ether oxygens (including phenoxy) is 2. The maximum Gasteiger partial charge on any atom is 0.342 e. The number of phenols is 1. The average molecular weight is 329 g/mol. The SMILES string of the molecule is COc1cccc(NC(=O)[C@H](C)OC(=O)c2ccc(C)cc2O)c1. The molecule has 0 bridgehead atoms. The molecule has 0 saturated heterocycles. The summed E-state index contributed by atoms with van der Waals surface area (Å²) in [5.74, 6) is -0.827. The molecule has 2 aromatic rings. The number of phenolic OH excluding ortho intramolecular Hbond substituents is 1. The van der Waals surface area contributed by atoms with Crippen molar-refractivity contribution in [2.45, 2.75) is 20.0 Å². The van der Waals surface area contributed by atoms with E-state index < -0.39 is 18.0 Å². The third-order valence-electron chi connectivity index (χ3n) is 3.36. The number of aryl methyl sites for hydroxylation is 1. The molecule has 24 heavy (non-hydrogen) atoms.